The Kier molecular flexibility index (Phi) is 57.2. The molecule has 0 heterocycles. The summed E-state index contributed by atoms with van der Waals surface area (Å²) in [7, 11) is 16.8. The molecule has 0 aromatic rings. The van der Waals surface area contributed by atoms with Crippen molar-refractivity contribution in [1.29, 1.82) is 0 Å². The molecule has 0 rings (SSSR count). The summed E-state index contributed by atoms with van der Waals surface area (Å²) in [4.78, 5) is 13.5. The van der Waals surface area contributed by atoms with Gasteiger partial charge in [-0.3, -0.25) is 29.4 Å². The molecule has 0 saturated heterocycles. The van der Waals surface area contributed by atoms with E-state index in [1.54, 1.807) is 0 Å². The molecule has 0 aromatic carbocycles. The molecule has 184 valence electrons. The molecule has 0 unspecified atom stereocenters. The predicted molar refractivity (Wildman–Crippen MR) is 139 cm³/mol. The zero-order chi connectivity index (χ0) is 17.7. The average molecular weight is 415 g/mol. The molecule has 0 aliphatic carbocycles. The smallest absolute Gasteiger partial charge is 0.0512 e. The number of hydrogen-bond donors (Lipinski definition) is 0. The highest BCUT2D eigenvalue weighted by molar-refractivity contribution is 4.51. The van der Waals surface area contributed by atoms with Crippen molar-refractivity contribution in [3.05, 3.63) is 0 Å². The Bertz CT molecular complexity index is 225. The summed E-state index contributed by atoms with van der Waals surface area (Å²) in [5, 5.41) is 0. The minimum atomic E-state index is 0. The fraction of sp³-hybridized carbons (Fsp3) is 1.00. The molecule has 0 N–H and O–H groups in total. The van der Waals surface area contributed by atoms with E-state index in [9.17, 15) is 0 Å². The maximum absolute atomic E-state index is 2.38. The van der Waals surface area contributed by atoms with Crippen molar-refractivity contribution in [1.82, 2.24) is 29.4 Å². The quantitative estimate of drug-likeness (QED) is 0.486. The summed E-state index contributed by atoms with van der Waals surface area (Å²) < 4.78 is 0. The number of rotatable bonds is 10. The number of nitrogens with zero attached hydrogens (tertiary/aromatic N) is 6. The predicted octanol–water partition coefficient (Wildman–Crippen LogP) is 4.51. The lowest BCUT2D eigenvalue weighted by atomic mass is 10.6. The minimum absolute atomic E-state index is 0. The van der Waals surface area contributed by atoms with E-state index in [4.69, 9.17) is 0 Å². The van der Waals surface area contributed by atoms with E-state index in [0.29, 0.717) is 0 Å². The van der Waals surface area contributed by atoms with Crippen molar-refractivity contribution in [2.24, 2.45) is 0 Å². The molecule has 0 aliphatic rings. The Morgan fingerprint density at radius 3 is 0.929 bits per heavy atom. The summed E-state index contributed by atoms with van der Waals surface area (Å²) in [6.45, 7) is 10.7. The molecule has 6 heteroatoms. The van der Waals surface area contributed by atoms with Gasteiger partial charge in [-0.1, -0.05) is 58.4 Å². The Labute approximate surface area is 184 Å². The molecule has 6 nitrogen and oxygen atoms in total. The van der Waals surface area contributed by atoms with Gasteiger partial charge in [-0.25, -0.2) is 0 Å². The summed E-state index contributed by atoms with van der Waals surface area (Å²) in [6, 6.07) is 0. The molecule has 0 bridgehead atoms. The van der Waals surface area contributed by atoms with Gasteiger partial charge in [0.2, 0.25) is 0 Å². The first-order valence-electron chi connectivity index (χ1n) is 8.15. The third kappa shape index (κ3) is 40.4. The lowest BCUT2D eigenvalue weighted by Crippen LogP contribution is -2.39. The minimum Gasteiger partial charge on any atom is -0.297 e. The molecule has 0 atom stereocenters. The maximum atomic E-state index is 2.38. The van der Waals surface area contributed by atoms with E-state index < -0.39 is 0 Å². The molecule has 0 radical (unpaired) electrons. The first-order valence-corrected chi connectivity index (χ1v) is 8.15. The second kappa shape index (κ2) is 31.5. The normalized spacial score (nSPS) is 9.43. The SMILES string of the molecule is C.C.C.C.C.C.CCN(C)CN(C)CN(C)C.CCN(CN(C)C)CN(C)C. The number of hydrogen-bond acceptors (Lipinski definition) is 6. The Morgan fingerprint density at radius 2 is 0.714 bits per heavy atom. The second-order valence-electron chi connectivity index (χ2n) is 6.82. The van der Waals surface area contributed by atoms with Crippen LogP contribution >= 0.6 is 0 Å². The zero-order valence-corrected chi connectivity index (χ0v) is 16.9. The van der Waals surface area contributed by atoms with Crippen molar-refractivity contribution >= 4 is 0 Å². The van der Waals surface area contributed by atoms with Crippen LogP contribution in [0.15, 0.2) is 0 Å². The second-order valence-corrected chi connectivity index (χ2v) is 6.82. The van der Waals surface area contributed by atoms with Gasteiger partial charge < -0.3 is 0 Å². The zero-order valence-electron chi connectivity index (χ0n) is 16.9. The Morgan fingerprint density at radius 1 is 0.393 bits per heavy atom. The summed E-state index contributed by atoms with van der Waals surface area (Å²) in [5.41, 5.74) is 0. The monoisotopic (exact) mass is 415 g/mol. The Hall–Kier alpha value is -0.240. The van der Waals surface area contributed by atoms with Crippen molar-refractivity contribution in [2.45, 2.75) is 58.4 Å². The van der Waals surface area contributed by atoms with Gasteiger partial charge >= 0.3 is 0 Å². The van der Waals surface area contributed by atoms with Gasteiger partial charge in [0.05, 0.1) is 26.7 Å². The van der Waals surface area contributed by atoms with Crippen LogP contribution in [0.1, 0.15) is 58.4 Å². The van der Waals surface area contributed by atoms with E-state index in [2.05, 4.69) is 99.6 Å². The van der Waals surface area contributed by atoms with Gasteiger partial charge in [-0.05, 0) is 69.5 Å². The van der Waals surface area contributed by atoms with Gasteiger partial charge in [-0.15, -0.1) is 0 Å². The summed E-state index contributed by atoms with van der Waals surface area (Å²) in [5.74, 6) is 0. The highest BCUT2D eigenvalue weighted by Gasteiger charge is 2.03. The highest BCUT2D eigenvalue weighted by Crippen LogP contribution is 1.90. The topological polar surface area (TPSA) is 19.4 Å². The molecule has 0 spiro atoms. The first kappa shape index (κ1) is 50.9. The Balaban J connectivity index is -0.0000000392. The standard InChI is InChI=1S/2C8H21N3.6CH4/c1-6-10(4)8-11(5)7-9(2)3;1-6-11(7-9(2)3)8-10(4)5;;;;;;/h2*6-8H2,1-5H3;6*1H4. The lowest BCUT2D eigenvalue weighted by Gasteiger charge is -2.26. The van der Waals surface area contributed by atoms with E-state index in [0.717, 1.165) is 39.8 Å². The summed E-state index contributed by atoms with van der Waals surface area (Å²) in [6.07, 6.45) is 0. The van der Waals surface area contributed by atoms with Gasteiger partial charge in [0.15, 0.2) is 0 Å². The fourth-order valence-electron chi connectivity index (χ4n) is 2.08. The van der Waals surface area contributed by atoms with Crippen LogP contribution in [-0.2, 0) is 0 Å². The first-order chi connectivity index (χ1) is 10.1. The molecule has 0 aliphatic heterocycles. The van der Waals surface area contributed by atoms with Gasteiger partial charge in [-0.2, -0.15) is 0 Å². The molecule has 0 aromatic heterocycles. The van der Waals surface area contributed by atoms with Crippen molar-refractivity contribution in [3.8, 4) is 0 Å². The summed E-state index contributed by atoms with van der Waals surface area (Å²) >= 11 is 0. The van der Waals surface area contributed by atoms with Crippen molar-refractivity contribution in [3.63, 3.8) is 0 Å². The fourth-order valence-corrected chi connectivity index (χ4v) is 2.08. The maximum Gasteiger partial charge on any atom is 0.0512 e. The van der Waals surface area contributed by atoms with E-state index in [1.807, 2.05) is 0 Å². The van der Waals surface area contributed by atoms with E-state index in [1.165, 1.54) is 0 Å². The third-order valence-corrected chi connectivity index (χ3v) is 2.96. The van der Waals surface area contributed by atoms with E-state index >= 15 is 0 Å². The average Bonchev–Trinajstić information content (AvgIpc) is 2.36. The third-order valence-electron chi connectivity index (χ3n) is 2.96. The largest absolute Gasteiger partial charge is 0.297 e. The van der Waals surface area contributed by atoms with Crippen LogP contribution in [0.4, 0.5) is 0 Å². The van der Waals surface area contributed by atoms with Crippen LogP contribution in [0.2, 0.25) is 0 Å². The van der Waals surface area contributed by atoms with Crippen molar-refractivity contribution in [2.75, 3.05) is 96.1 Å². The van der Waals surface area contributed by atoms with Crippen LogP contribution in [0, 0.1) is 0 Å². The molecular formula is C22H66N6. The van der Waals surface area contributed by atoms with Crippen LogP contribution in [-0.4, -0.2) is 126 Å². The van der Waals surface area contributed by atoms with Crippen LogP contribution < -0.4 is 0 Å². The van der Waals surface area contributed by atoms with Crippen LogP contribution in [0.25, 0.3) is 0 Å². The molecule has 0 amide bonds. The van der Waals surface area contributed by atoms with Crippen LogP contribution in [0.3, 0.4) is 0 Å². The van der Waals surface area contributed by atoms with Gasteiger partial charge in [0.1, 0.15) is 0 Å². The van der Waals surface area contributed by atoms with Gasteiger partial charge in [0.25, 0.3) is 0 Å². The van der Waals surface area contributed by atoms with E-state index in [-0.39, 0.29) is 44.6 Å². The highest BCUT2D eigenvalue weighted by atomic mass is 15.4. The van der Waals surface area contributed by atoms with Crippen LogP contribution in [0.5, 0.6) is 0 Å². The van der Waals surface area contributed by atoms with Gasteiger partial charge in [0, 0.05) is 0 Å². The molecular weight excluding hydrogens is 348 g/mol. The molecule has 28 heavy (non-hydrogen) atoms. The molecule has 0 fully saturated rings. The van der Waals surface area contributed by atoms with Crippen molar-refractivity contribution < 1.29 is 0 Å². The molecule has 0 saturated carbocycles. The lowest BCUT2D eigenvalue weighted by molar-refractivity contribution is 0.124.